The molecule has 2 atom stereocenters. The highest BCUT2D eigenvalue weighted by atomic mass is 127. The second-order valence-corrected chi connectivity index (χ2v) is 8.90. The summed E-state index contributed by atoms with van der Waals surface area (Å²) in [4.78, 5) is 16.2. The summed E-state index contributed by atoms with van der Waals surface area (Å²) in [6, 6.07) is 7.52. The number of rotatable bonds is 6. The first-order valence-corrected chi connectivity index (χ1v) is 10.7. The van der Waals surface area contributed by atoms with Gasteiger partial charge in [0.25, 0.3) is 0 Å². The van der Waals surface area contributed by atoms with Crippen molar-refractivity contribution in [3.8, 4) is 0 Å². The van der Waals surface area contributed by atoms with Gasteiger partial charge in [-0.3, -0.25) is 9.79 Å². The number of guanidine groups is 1. The highest BCUT2D eigenvalue weighted by Crippen LogP contribution is 2.13. The number of hydrogen-bond acceptors (Lipinski definition) is 4. The van der Waals surface area contributed by atoms with Gasteiger partial charge in [0.05, 0.1) is 11.5 Å². The molecule has 1 saturated heterocycles. The van der Waals surface area contributed by atoms with Crippen molar-refractivity contribution in [1.29, 1.82) is 0 Å². The third-order valence-electron chi connectivity index (χ3n) is 4.51. The number of hydrogen-bond donors (Lipinski definition) is 3. The van der Waals surface area contributed by atoms with E-state index in [1.54, 1.807) is 7.05 Å². The maximum atomic E-state index is 12.0. The Bertz CT molecular complexity index is 768. The standard InChI is InChI=1S/C18H28N4O3S.HI/c1-4-13(2)17(23)21-15-7-5-6-14(10-15)11-20-18(19-3)22-16-8-9-26(24,25)12-16;/h5-7,10,13,16H,4,8-9,11-12H2,1-3H3,(H,21,23)(H2,19,20,22);1H. The van der Waals surface area contributed by atoms with E-state index >= 15 is 0 Å². The smallest absolute Gasteiger partial charge is 0.227 e. The molecule has 0 saturated carbocycles. The fourth-order valence-corrected chi connectivity index (χ4v) is 4.37. The minimum Gasteiger partial charge on any atom is -0.353 e. The lowest BCUT2D eigenvalue weighted by Gasteiger charge is -2.16. The Balaban J connectivity index is 0.00000364. The van der Waals surface area contributed by atoms with Crippen molar-refractivity contribution in [2.75, 3.05) is 23.9 Å². The van der Waals surface area contributed by atoms with Crippen LogP contribution in [0.5, 0.6) is 0 Å². The molecule has 0 aliphatic carbocycles. The summed E-state index contributed by atoms with van der Waals surface area (Å²) in [6.07, 6.45) is 1.39. The summed E-state index contributed by atoms with van der Waals surface area (Å²) < 4.78 is 23.1. The molecule has 0 spiro atoms. The summed E-state index contributed by atoms with van der Waals surface area (Å²) in [7, 11) is -1.27. The first kappa shape index (κ1) is 23.7. The van der Waals surface area contributed by atoms with Crippen LogP contribution in [0.4, 0.5) is 5.69 Å². The molecule has 1 amide bonds. The lowest BCUT2D eigenvalue weighted by Crippen LogP contribution is -2.43. The molecule has 2 rings (SSSR count). The largest absolute Gasteiger partial charge is 0.353 e. The van der Waals surface area contributed by atoms with E-state index in [4.69, 9.17) is 0 Å². The van der Waals surface area contributed by atoms with Crippen LogP contribution in [0.2, 0.25) is 0 Å². The Hall–Kier alpha value is -1.36. The van der Waals surface area contributed by atoms with Gasteiger partial charge in [-0.25, -0.2) is 8.42 Å². The first-order valence-electron chi connectivity index (χ1n) is 8.90. The van der Waals surface area contributed by atoms with Crippen molar-refractivity contribution in [1.82, 2.24) is 10.6 Å². The summed E-state index contributed by atoms with van der Waals surface area (Å²) in [5.74, 6) is 0.922. The molecule has 1 aromatic carbocycles. The number of halogens is 1. The molecule has 9 heteroatoms. The topological polar surface area (TPSA) is 99.7 Å². The number of carbonyl (C=O) groups is 1. The van der Waals surface area contributed by atoms with E-state index in [9.17, 15) is 13.2 Å². The molecule has 2 unspecified atom stereocenters. The molecule has 152 valence electrons. The minimum atomic E-state index is -2.93. The number of carbonyl (C=O) groups excluding carboxylic acids is 1. The van der Waals surface area contributed by atoms with E-state index < -0.39 is 9.84 Å². The number of nitrogens with zero attached hydrogens (tertiary/aromatic N) is 1. The summed E-state index contributed by atoms with van der Waals surface area (Å²) in [5, 5.41) is 9.26. The normalized spacial score (nSPS) is 19.7. The van der Waals surface area contributed by atoms with Gasteiger partial charge in [-0.15, -0.1) is 24.0 Å². The van der Waals surface area contributed by atoms with E-state index in [1.165, 1.54) is 0 Å². The molecule has 27 heavy (non-hydrogen) atoms. The van der Waals surface area contributed by atoms with Crippen molar-refractivity contribution in [2.24, 2.45) is 10.9 Å². The molecule has 0 bridgehead atoms. The second kappa shape index (κ2) is 10.8. The lowest BCUT2D eigenvalue weighted by molar-refractivity contribution is -0.119. The Morgan fingerprint density at radius 3 is 2.70 bits per heavy atom. The van der Waals surface area contributed by atoms with Crippen LogP contribution < -0.4 is 16.0 Å². The van der Waals surface area contributed by atoms with Gasteiger partial charge in [0.2, 0.25) is 5.91 Å². The molecular formula is C18H29IN4O3S. The van der Waals surface area contributed by atoms with Crippen LogP contribution in [0.3, 0.4) is 0 Å². The Morgan fingerprint density at radius 2 is 2.11 bits per heavy atom. The van der Waals surface area contributed by atoms with Gasteiger partial charge in [-0.2, -0.15) is 0 Å². The van der Waals surface area contributed by atoms with E-state index in [2.05, 4.69) is 20.9 Å². The maximum Gasteiger partial charge on any atom is 0.227 e. The van der Waals surface area contributed by atoms with Crippen LogP contribution in [0.15, 0.2) is 29.3 Å². The molecule has 1 aliphatic rings. The van der Waals surface area contributed by atoms with Crippen LogP contribution >= 0.6 is 24.0 Å². The highest BCUT2D eigenvalue weighted by molar-refractivity contribution is 14.0. The number of amides is 1. The van der Waals surface area contributed by atoms with Gasteiger partial charge in [0.1, 0.15) is 0 Å². The maximum absolute atomic E-state index is 12.0. The SMILES string of the molecule is CCC(C)C(=O)Nc1cccc(CNC(=NC)NC2CCS(=O)(=O)C2)c1.I. The molecule has 0 aromatic heterocycles. The van der Waals surface area contributed by atoms with Gasteiger partial charge >= 0.3 is 0 Å². The van der Waals surface area contributed by atoms with Gasteiger partial charge in [0.15, 0.2) is 15.8 Å². The number of nitrogens with one attached hydrogen (secondary N) is 3. The van der Waals surface area contributed by atoms with Crippen molar-refractivity contribution in [3.63, 3.8) is 0 Å². The Morgan fingerprint density at radius 1 is 1.37 bits per heavy atom. The summed E-state index contributed by atoms with van der Waals surface area (Å²) in [5.41, 5.74) is 1.76. The van der Waals surface area contributed by atoms with Crippen molar-refractivity contribution < 1.29 is 13.2 Å². The summed E-state index contributed by atoms with van der Waals surface area (Å²) >= 11 is 0. The average molecular weight is 508 g/mol. The van der Waals surface area contributed by atoms with Crippen LogP contribution in [0.25, 0.3) is 0 Å². The van der Waals surface area contributed by atoms with Crippen molar-refractivity contribution in [3.05, 3.63) is 29.8 Å². The van der Waals surface area contributed by atoms with E-state index in [-0.39, 0.29) is 53.3 Å². The predicted molar refractivity (Wildman–Crippen MR) is 120 cm³/mol. The predicted octanol–water partition coefficient (Wildman–Crippen LogP) is 2.14. The average Bonchev–Trinajstić information content (AvgIpc) is 2.96. The van der Waals surface area contributed by atoms with Gasteiger partial charge in [-0.1, -0.05) is 26.0 Å². The zero-order chi connectivity index (χ0) is 19.2. The third-order valence-corrected chi connectivity index (χ3v) is 6.28. The Labute approximate surface area is 178 Å². The van der Waals surface area contributed by atoms with Crippen molar-refractivity contribution in [2.45, 2.75) is 39.3 Å². The number of benzene rings is 1. The molecule has 7 nitrogen and oxygen atoms in total. The van der Waals surface area contributed by atoms with Crippen LogP contribution in [0, 0.1) is 5.92 Å². The highest BCUT2D eigenvalue weighted by Gasteiger charge is 2.28. The fraction of sp³-hybridized carbons (Fsp3) is 0.556. The van der Waals surface area contributed by atoms with E-state index in [0.29, 0.717) is 18.9 Å². The van der Waals surface area contributed by atoms with Crippen LogP contribution in [-0.2, 0) is 21.2 Å². The number of sulfone groups is 1. The number of aliphatic imine (C=N–C) groups is 1. The van der Waals surface area contributed by atoms with Crippen molar-refractivity contribution >= 4 is 51.4 Å². The molecule has 1 fully saturated rings. The lowest BCUT2D eigenvalue weighted by atomic mass is 10.1. The molecule has 0 radical (unpaired) electrons. The van der Waals surface area contributed by atoms with Gasteiger partial charge in [-0.05, 0) is 30.5 Å². The first-order chi connectivity index (χ1) is 12.3. The van der Waals surface area contributed by atoms with Gasteiger partial charge < -0.3 is 16.0 Å². The molecule has 1 heterocycles. The molecule has 1 aromatic rings. The monoisotopic (exact) mass is 508 g/mol. The quantitative estimate of drug-likeness (QED) is 0.311. The Kier molecular flexibility index (Phi) is 9.51. The minimum absolute atomic E-state index is 0. The zero-order valence-corrected chi connectivity index (χ0v) is 19.1. The van der Waals surface area contributed by atoms with E-state index in [1.807, 2.05) is 38.1 Å². The van der Waals surface area contributed by atoms with Gasteiger partial charge in [0, 0.05) is 31.2 Å². The third kappa shape index (κ3) is 7.65. The van der Waals surface area contributed by atoms with E-state index in [0.717, 1.165) is 17.7 Å². The number of anilines is 1. The molecular weight excluding hydrogens is 479 g/mol. The fourth-order valence-electron chi connectivity index (χ4n) is 2.69. The molecule has 3 N–H and O–H groups in total. The zero-order valence-electron chi connectivity index (χ0n) is 16.0. The molecule has 1 aliphatic heterocycles. The summed E-state index contributed by atoms with van der Waals surface area (Å²) in [6.45, 7) is 4.41. The second-order valence-electron chi connectivity index (χ2n) is 6.67. The van der Waals surface area contributed by atoms with Crippen LogP contribution in [-0.4, -0.2) is 44.9 Å². The van der Waals surface area contributed by atoms with Crippen LogP contribution in [0.1, 0.15) is 32.3 Å².